The van der Waals surface area contributed by atoms with Crippen LogP contribution in [0.3, 0.4) is 0 Å². The molecular weight excluding hydrogens is 370 g/mol. The first-order valence-electron chi connectivity index (χ1n) is 6.94. The van der Waals surface area contributed by atoms with Crippen LogP contribution in [0, 0.1) is 0 Å². The van der Waals surface area contributed by atoms with E-state index in [2.05, 4.69) is 20.9 Å². The first kappa shape index (κ1) is 16.9. The standard InChI is InChI=1S/C16H17BrClNO3/c1-4-10-13(11-7-6-9(21-3)8-12(11)18)14(19-15(10)17)16(20)22-5-2/h6-8,19H,4-5H2,1-3H3. The fraction of sp³-hybridized carbons (Fsp3) is 0.312. The first-order valence-corrected chi connectivity index (χ1v) is 8.11. The van der Waals surface area contributed by atoms with Crippen LogP contribution in [0.15, 0.2) is 22.8 Å². The van der Waals surface area contributed by atoms with Gasteiger partial charge < -0.3 is 14.5 Å². The van der Waals surface area contributed by atoms with Crippen molar-refractivity contribution in [2.75, 3.05) is 13.7 Å². The number of carbonyl (C=O) groups excluding carboxylic acids is 1. The van der Waals surface area contributed by atoms with Crippen molar-refractivity contribution in [1.82, 2.24) is 4.98 Å². The lowest BCUT2D eigenvalue weighted by molar-refractivity contribution is 0.0521. The molecule has 0 saturated heterocycles. The van der Waals surface area contributed by atoms with Gasteiger partial charge in [0, 0.05) is 11.1 Å². The lowest BCUT2D eigenvalue weighted by Crippen LogP contribution is -2.07. The maximum absolute atomic E-state index is 12.2. The molecule has 0 bridgehead atoms. The first-order chi connectivity index (χ1) is 10.5. The van der Waals surface area contributed by atoms with Crippen molar-refractivity contribution in [2.24, 2.45) is 0 Å². The Bertz CT molecular complexity index is 697. The number of hydrogen-bond acceptors (Lipinski definition) is 3. The average Bonchev–Trinajstić information content (AvgIpc) is 2.83. The van der Waals surface area contributed by atoms with E-state index >= 15 is 0 Å². The molecule has 0 aliphatic heterocycles. The van der Waals surface area contributed by atoms with E-state index in [1.165, 1.54) is 0 Å². The summed E-state index contributed by atoms with van der Waals surface area (Å²) < 4.78 is 11.1. The normalized spacial score (nSPS) is 10.6. The minimum atomic E-state index is -0.398. The molecule has 0 amide bonds. The molecule has 0 atom stereocenters. The van der Waals surface area contributed by atoms with E-state index < -0.39 is 5.97 Å². The number of halogens is 2. The van der Waals surface area contributed by atoms with Gasteiger partial charge in [0.2, 0.25) is 0 Å². The molecule has 2 rings (SSSR count). The smallest absolute Gasteiger partial charge is 0.355 e. The number of aromatic nitrogens is 1. The van der Waals surface area contributed by atoms with E-state index in [1.54, 1.807) is 20.1 Å². The summed E-state index contributed by atoms with van der Waals surface area (Å²) in [5.74, 6) is 0.267. The van der Waals surface area contributed by atoms with E-state index in [0.717, 1.165) is 27.7 Å². The van der Waals surface area contributed by atoms with Gasteiger partial charge in [-0.15, -0.1) is 0 Å². The lowest BCUT2D eigenvalue weighted by atomic mass is 9.99. The van der Waals surface area contributed by atoms with Gasteiger partial charge in [-0.2, -0.15) is 0 Å². The van der Waals surface area contributed by atoms with Crippen molar-refractivity contribution in [3.05, 3.63) is 39.1 Å². The van der Waals surface area contributed by atoms with Gasteiger partial charge in [-0.1, -0.05) is 18.5 Å². The van der Waals surface area contributed by atoms with E-state index in [4.69, 9.17) is 21.1 Å². The lowest BCUT2D eigenvalue weighted by Gasteiger charge is -2.10. The highest BCUT2D eigenvalue weighted by atomic mass is 79.9. The van der Waals surface area contributed by atoms with Crippen molar-refractivity contribution in [3.8, 4) is 16.9 Å². The second kappa shape index (κ2) is 7.20. The quantitative estimate of drug-likeness (QED) is 0.748. The largest absolute Gasteiger partial charge is 0.497 e. The number of benzene rings is 1. The summed E-state index contributed by atoms with van der Waals surface area (Å²) in [6.07, 6.45) is 0.744. The number of hydrogen-bond donors (Lipinski definition) is 1. The van der Waals surface area contributed by atoms with Crippen LogP contribution in [0.2, 0.25) is 5.02 Å². The van der Waals surface area contributed by atoms with Crippen molar-refractivity contribution in [2.45, 2.75) is 20.3 Å². The van der Waals surface area contributed by atoms with Gasteiger partial charge in [0.25, 0.3) is 0 Å². The predicted molar refractivity (Wildman–Crippen MR) is 90.8 cm³/mol. The second-order valence-corrected chi connectivity index (χ2v) is 5.79. The Morgan fingerprint density at radius 3 is 2.64 bits per heavy atom. The maximum atomic E-state index is 12.2. The zero-order valence-electron chi connectivity index (χ0n) is 12.6. The zero-order chi connectivity index (χ0) is 16.3. The molecule has 1 aromatic carbocycles. The molecule has 0 aliphatic rings. The Labute approximate surface area is 142 Å². The van der Waals surface area contributed by atoms with Crippen LogP contribution < -0.4 is 4.74 Å². The van der Waals surface area contributed by atoms with Gasteiger partial charge in [0.1, 0.15) is 11.4 Å². The molecule has 1 N–H and O–H groups in total. The van der Waals surface area contributed by atoms with E-state index in [-0.39, 0.29) is 0 Å². The fourth-order valence-corrected chi connectivity index (χ4v) is 3.26. The van der Waals surface area contributed by atoms with Gasteiger partial charge >= 0.3 is 5.97 Å². The second-order valence-electron chi connectivity index (χ2n) is 4.59. The summed E-state index contributed by atoms with van der Waals surface area (Å²) in [6.45, 7) is 4.10. The molecule has 0 fully saturated rings. The zero-order valence-corrected chi connectivity index (χ0v) is 15.0. The third kappa shape index (κ3) is 3.15. The third-order valence-electron chi connectivity index (χ3n) is 3.33. The molecule has 4 nitrogen and oxygen atoms in total. The molecule has 6 heteroatoms. The molecule has 1 aromatic heterocycles. The van der Waals surface area contributed by atoms with Gasteiger partial charge in [-0.25, -0.2) is 4.79 Å². The average molecular weight is 387 g/mol. The van der Waals surface area contributed by atoms with Crippen LogP contribution in [-0.2, 0) is 11.2 Å². The third-order valence-corrected chi connectivity index (χ3v) is 4.32. The number of nitrogens with one attached hydrogen (secondary N) is 1. The van der Waals surface area contributed by atoms with Crippen LogP contribution >= 0.6 is 27.5 Å². The summed E-state index contributed by atoms with van der Waals surface area (Å²) in [7, 11) is 1.58. The Morgan fingerprint density at radius 1 is 1.36 bits per heavy atom. The minimum absolute atomic E-state index is 0.312. The molecule has 2 aromatic rings. The Morgan fingerprint density at radius 2 is 2.09 bits per heavy atom. The molecule has 0 radical (unpaired) electrons. The van der Waals surface area contributed by atoms with Gasteiger partial charge in [0.15, 0.2) is 0 Å². The number of H-pyrrole nitrogens is 1. The number of esters is 1. The van der Waals surface area contributed by atoms with Gasteiger partial charge in [0.05, 0.1) is 23.3 Å². The summed E-state index contributed by atoms with van der Waals surface area (Å²) in [4.78, 5) is 15.3. The minimum Gasteiger partial charge on any atom is -0.497 e. The van der Waals surface area contributed by atoms with Crippen molar-refractivity contribution >= 4 is 33.5 Å². The number of aromatic amines is 1. The van der Waals surface area contributed by atoms with E-state index in [0.29, 0.717) is 23.1 Å². The van der Waals surface area contributed by atoms with Gasteiger partial charge in [-0.3, -0.25) is 0 Å². The van der Waals surface area contributed by atoms with Crippen molar-refractivity contribution in [3.63, 3.8) is 0 Å². The number of carbonyl (C=O) groups is 1. The maximum Gasteiger partial charge on any atom is 0.355 e. The van der Waals surface area contributed by atoms with Crippen LogP contribution in [0.1, 0.15) is 29.9 Å². The Hall–Kier alpha value is -1.46. The molecule has 0 unspecified atom stereocenters. The summed E-state index contributed by atoms with van der Waals surface area (Å²) in [6, 6.07) is 5.39. The summed E-state index contributed by atoms with van der Waals surface area (Å²) in [5, 5.41) is 0.520. The molecule has 22 heavy (non-hydrogen) atoms. The molecular formula is C16H17BrClNO3. The number of methoxy groups -OCH3 is 1. The van der Waals surface area contributed by atoms with Crippen LogP contribution in [-0.4, -0.2) is 24.7 Å². The van der Waals surface area contributed by atoms with Crippen molar-refractivity contribution < 1.29 is 14.3 Å². The van der Waals surface area contributed by atoms with Crippen LogP contribution in [0.25, 0.3) is 11.1 Å². The molecule has 118 valence electrons. The highest BCUT2D eigenvalue weighted by Crippen LogP contribution is 2.39. The van der Waals surface area contributed by atoms with E-state index in [1.807, 2.05) is 19.1 Å². The summed E-state index contributed by atoms with van der Waals surface area (Å²) >= 11 is 9.84. The molecule has 0 spiro atoms. The fourth-order valence-electron chi connectivity index (χ4n) is 2.32. The SMILES string of the molecule is CCOC(=O)c1[nH]c(Br)c(CC)c1-c1ccc(OC)cc1Cl. The Kier molecular flexibility index (Phi) is 5.53. The highest BCUT2D eigenvalue weighted by Gasteiger charge is 2.24. The molecule has 0 aliphatic carbocycles. The number of ether oxygens (including phenoxy) is 2. The topological polar surface area (TPSA) is 51.3 Å². The van der Waals surface area contributed by atoms with Gasteiger partial charge in [-0.05, 0) is 53.0 Å². The number of rotatable bonds is 5. The highest BCUT2D eigenvalue weighted by molar-refractivity contribution is 9.10. The van der Waals surface area contributed by atoms with Crippen molar-refractivity contribution in [1.29, 1.82) is 0 Å². The summed E-state index contributed by atoms with van der Waals surface area (Å²) in [5.41, 5.74) is 2.91. The van der Waals surface area contributed by atoms with Crippen LogP contribution in [0.4, 0.5) is 0 Å². The predicted octanol–water partition coefficient (Wildman–Crippen LogP) is 4.85. The monoisotopic (exact) mass is 385 g/mol. The van der Waals surface area contributed by atoms with E-state index in [9.17, 15) is 4.79 Å². The molecule has 0 saturated carbocycles. The Balaban J connectivity index is 2.64. The van der Waals surface area contributed by atoms with Crippen LogP contribution in [0.5, 0.6) is 5.75 Å². The molecule has 1 heterocycles.